The van der Waals surface area contributed by atoms with Crippen LogP contribution in [0.1, 0.15) is 24.8 Å². The minimum absolute atomic E-state index is 0.00253. The minimum Gasteiger partial charge on any atom is -0.354 e. The molecule has 0 spiro atoms. The van der Waals surface area contributed by atoms with Crippen LogP contribution >= 0.6 is 34.8 Å². The van der Waals surface area contributed by atoms with Gasteiger partial charge in [-0.05, 0) is 30.5 Å². The normalized spacial score (nSPS) is 17.1. The highest BCUT2D eigenvalue weighted by Gasteiger charge is 2.39. The summed E-state index contributed by atoms with van der Waals surface area (Å²) < 4.78 is 0. The van der Waals surface area contributed by atoms with Crippen LogP contribution in [-0.2, 0) is 10.2 Å². The smallest absolute Gasteiger partial charge is 0.234 e. The van der Waals surface area contributed by atoms with Crippen molar-refractivity contribution in [1.29, 1.82) is 0 Å². The van der Waals surface area contributed by atoms with Crippen LogP contribution in [0.15, 0.2) is 18.2 Å². The van der Waals surface area contributed by atoms with Crippen molar-refractivity contribution in [3.63, 3.8) is 0 Å². The van der Waals surface area contributed by atoms with E-state index in [2.05, 4.69) is 5.32 Å². The van der Waals surface area contributed by atoms with Crippen LogP contribution in [0.2, 0.25) is 10.0 Å². The van der Waals surface area contributed by atoms with Gasteiger partial charge in [0.15, 0.2) is 0 Å². The van der Waals surface area contributed by atoms with Gasteiger partial charge in [-0.15, -0.1) is 11.6 Å². The van der Waals surface area contributed by atoms with Gasteiger partial charge in [-0.1, -0.05) is 35.7 Å². The van der Waals surface area contributed by atoms with Crippen LogP contribution in [0.25, 0.3) is 0 Å². The molecule has 1 fully saturated rings. The second-order valence-electron chi connectivity index (χ2n) is 4.67. The van der Waals surface area contributed by atoms with Gasteiger partial charge >= 0.3 is 0 Å². The summed E-state index contributed by atoms with van der Waals surface area (Å²) in [4.78, 5) is 11.3. The highest BCUT2D eigenvalue weighted by atomic mass is 35.5. The molecule has 0 radical (unpaired) electrons. The third kappa shape index (κ3) is 2.76. The predicted molar refractivity (Wildman–Crippen MR) is 75.7 cm³/mol. The van der Waals surface area contributed by atoms with Crippen molar-refractivity contribution >= 4 is 40.7 Å². The van der Waals surface area contributed by atoms with Gasteiger partial charge in [0, 0.05) is 12.0 Å². The lowest BCUT2D eigenvalue weighted by molar-refractivity contribution is -0.119. The molecular weight excluding hydrogens is 293 g/mol. The molecule has 1 aromatic carbocycles. The Labute approximate surface area is 122 Å². The first-order valence-corrected chi connectivity index (χ1v) is 7.15. The maximum Gasteiger partial charge on any atom is 0.234 e. The van der Waals surface area contributed by atoms with E-state index in [1.165, 1.54) is 0 Å². The van der Waals surface area contributed by atoms with Crippen LogP contribution in [0.3, 0.4) is 0 Å². The third-order valence-corrected chi connectivity index (χ3v) is 4.57. The monoisotopic (exact) mass is 305 g/mol. The van der Waals surface area contributed by atoms with Crippen LogP contribution in [-0.4, -0.2) is 18.3 Å². The topological polar surface area (TPSA) is 29.1 Å². The molecule has 1 aromatic rings. The molecule has 1 N–H and O–H groups in total. The third-order valence-electron chi connectivity index (χ3n) is 3.59. The molecule has 0 heterocycles. The molecule has 0 unspecified atom stereocenters. The first-order chi connectivity index (χ1) is 8.57. The van der Waals surface area contributed by atoms with E-state index in [1.807, 2.05) is 18.2 Å². The molecule has 2 rings (SSSR count). The molecule has 1 saturated carbocycles. The summed E-state index contributed by atoms with van der Waals surface area (Å²) in [6.45, 7) is 0.608. The standard InChI is InChI=1S/C13H14Cl3NO/c14-7-12(18)17-8-13(4-1-5-13)9-2-3-10(15)11(16)6-9/h2-3,6H,1,4-5,7-8H2,(H,17,18). The summed E-state index contributed by atoms with van der Waals surface area (Å²) >= 11 is 17.5. The number of hydrogen-bond donors (Lipinski definition) is 1. The van der Waals surface area contributed by atoms with Gasteiger partial charge in [0.05, 0.1) is 10.0 Å². The molecule has 0 bridgehead atoms. The summed E-state index contributed by atoms with van der Waals surface area (Å²) in [5.74, 6) is -0.139. The highest BCUT2D eigenvalue weighted by Crippen LogP contribution is 2.44. The number of carbonyl (C=O) groups is 1. The fourth-order valence-electron chi connectivity index (χ4n) is 2.31. The number of nitrogens with one attached hydrogen (secondary N) is 1. The lowest BCUT2D eigenvalue weighted by Crippen LogP contribution is -2.45. The fraction of sp³-hybridized carbons (Fsp3) is 0.462. The van der Waals surface area contributed by atoms with E-state index in [4.69, 9.17) is 34.8 Å². The number of benzene rings is 1. The van der Waals surface area contributed by atoms with E-state index in [0.717, 1.165) is 24.8 Å². The molecule has 1 aliphatic carbocycles. The number of hydrogen-bond acceptors (Lipinski definition) is 1. The molecule has 0 aromatic heterocycles. The predicted octanol–water partition coefficient (Wildman–Crippen LogP) is 3.77. The van der Waals surface area contributed by atoms with Gasteiger partial charge in [0.1, 0.15) is 5.88 Å². The van der Waals surface area contributed by atoms with Gasteiger partial charge in [-0.3, -0.25) is 4.79 Å². The van der Waals surface area contributed by atoms with Crippen molar-refractivity contribution in [3.05, 3.63) is 33.8 Å². The Balaban J connectivity index is 2.16. The van der Waals surface area contributed by atoms with E-state index in [1.54, 1.807) is 0 Å². The maximum absolute atomic E-state index is 11.3. The Bertz CT molecular complexity index is 458. The van der Waals surface area contributed by atoms with Crippen LogP contribution in [0.5, 0.6) is 0 Å². The first kappa shape index (κ1) is 14.0. The van der Waals surface area contributed by atoms with E-state index < -0.39 is 0 Å². The second kappa shape index (κ2) is 5.68. The van der Waals surface area contributed by atoms with Crippen molar-refractivity contribution in [2.24, 2.45) is 0 Å². The van der Waals surface area contributed by atoms with Crippen molar-refractivity contribution in [1.82, 2.24) is 5.32 Å². The Morgan fingerprint density at radius 1 is 1.28 bits per heavy atom. The van der Waals surface area contributed by atoms with E-state index in [9.17, 15) is 4.79 Å². The number of alkyl halides is 1. The molecule has 2 nitrogen and oxygen atoms in total. The molecular formula is C13H14Cl3NO. The Morgan fingerprint density at radius 3 is 2.50 bits per heavy atom. The van der Waals surface area contributed by atoms with Crippen molar-refractivity contribution in [3.8, 4) is 0 Å². The lowest BCUT2D eigenvalue weighted by atomic mass is 9.64. The SMILES string of the molecule is O=C(CCl)NCC1(c2ccc(Cl)c(Cl)c2)CCC1. The molecule has 0 atom stereocenters. The van der Waals surface area contributed by atoms with Gasteiger partial charge in [-0.2, -0.15) is 0 Å². The molecule has 0 aliphatic heterocycles. The number of amides is 1. The van der Waals surface area contributed by atoms with Crippen LogP contribution in [0.4, 0.5) is 0 Å². The highest BCUT2D eigenvalue weighted by molar-refractivity contribution is 6.42. The summed E-state index contributed by atoms with van der Waals surface area (Å²) in [6, 6.07) is 5.69. The maximum atomic E-state index is 11.3. The quantitative estimate of drug-likeness (QED) is 0.843. The molecule has 18 heavy (non-hydrogen) atoms. The van der Waals surface area contributed by atoms with Crippen molar-refractivity contribution < 1.29 is 4.79 Å². The molecule has 0 saturated heterocycles. The van der Waals surface area contributed by atoms with Crippen LogP contribution in [0, 0.1) is 0 Å². The van der Waals surface area contributed by atoms with E-state index in [0.29, 0.717) is 16.6 Å². The summed E-state index contributed by atoms with van der Waals surface area (Å²) in [7, 11) is 0. The number of rotatable bonds is 4. The molecule has 98 valence electrons. The fourth-order valence-corrected chi connectivity index (χ4v) is 2.70. The average molecular weight is 307 g/mol. The number of carbonyl (C=O) groups excluding carboxylic acids is 1. The van der Waals surface area contributed by atoms with Gasteiger partial charge < -0.3 is 5.32 Å². The van der Waals surface area contributed by atoms with Crippen LogP contribution < -0.4 is 5.32 Å². The first-order valence-electron chi connectivity index (χ1n) is 5.86. The zero-order valence-corrected chi connectivity index (χ0v) is 12.1. The zero-order valence-electron chi connectivity index (χ0n) is 9.81. The molecule has 5 heteroatoms. The zero-order chi connectivity index (χ0) is 13.2. The van der Waals surface area contributed by atoms with Gasteiger partial charge in [0.25, 0.3) is 0 Å². The van der Waals surface area contributed by atoms with E-state index in [-0.39, 0.29) is 17.2 Å². The van der Waals surface area contributed by atoms with Gasteiger partial charge in [0.2, 0.25) is 5.91 Å². The average Bonchev–Trinajstić information content (AvgIpc) is 2.31. The largest absolute Gasteiger partial charge is 0.354 e. The Morgan fingerprint density at radius 2 is 2.00 bits per heavy atom. The van der Waals surface area contributed by atoms with E-state index >= 15 is 0 Å². The summed E-state index contributed by atoms with van der Waals surface area (Å²) in [6.07, 6.45) is 3.26. The molecule has 1 aliphatic rings. The van der Waals surface area contributed by atoms with Crippen molar-refractivity contribution in [2.45, 2.75) is 24.7 Å². The van der Waals surface area contributed by atoms with Gasteiger partial charge in [-0.25, -0.2) is 0 Å². The Kier molecular flexibility index (Phi) is 4.41. The second-order valence-corrected chi connectivity index (χ2v) is 5.75. The summed E-state index contributed by atoms with van der Waals surface area (Å²) in [5.41, 5.74) is 1.13. The molecule has 1 amide bonds. The minimum atomic E-state index is -0.136. The summed E-state index contributed by atoms with van der Waals surface area (Å²) in [5, 5.41) is 3.98. The number of halogens is 3. The lowest BCUT2D eigenvalue weighted by Gasteiger charge is -2.42. The Hall–Kier alpha value is -0.440. The van der Waals surface area contributed by atoms with Crippen molar-refractivity contribution in [2.75, 3.05) is 12.4 Å².